The summed E-state index contributed by atoms with van der Waals surface area (Å²) in [6.45, 7) is 7.80. The van der Waals surface area contributed by atoms with Crippen LogP contribution < -0.4 is 4.74 Å². The number of ether oxygens (including phenoxy) is 1. The third-order valence-electron chi connectivity index (χ3n) is 5.41. The Labute approximate surface area is 125 Å². The van der Waals surface area contributed by atoms with E-state index in [1.165, 1.54) is 5.56 Å². The van der Waals surface area contributed by atoms with Gasteiger partial charge in [0.25, 0.3) is 0 Å². The molecule has 0 amide bonds. The lowest BCUT2D eigenvalue weighted by molar-refractivity contribution is -0.197. The molecular formula is C17H22N2O2. The summed E-state index contributed by atoms with van der Waals surface area (Å²) in [5.41, 5.74) is 0.928. The minimum atomic E-state index is -0.186. The second-order valence-electron chi connectivity index (χ2n) is 7.41. The van der Waals surface area contributed by atoms with E-state index < -0.39 is 0 Å². The summed E-state index contributed by atoms with van der Waals surface area (Å²) in [6.07, 6.45) is 0.310. The van der Waals surface area contributed by atoms with Crippen molar-refractivity contribution in [2.75, 3.05) is 33.3 Å². The standard InChI is InChI=1S/C17H22N2O2/c1-16-8-18-10-17(2,15(16)20)11-19(9-16)14(18)12-4-6-13(21-3)7-5-12/h4-7,14H,8-11H2,1-3H3. The molecule has 21 heavy (non-hydrogen) atoms. The predicted octanol–water partition coefficient (Wildman–Crippen LogP) is 1.92. The van der Waals surface area contributed by atoms with E-state index >= 15 is 0 Å². The monoisotopic (exact) mass is 286 g/mol. The van der Waals surface area contributed by atoms with E-state index in [4.69, 9.17) is 4.74 Å². The molecular weight excluding hydrogens is 264 g/mol. The fraction of sp³-hybridized carbons (Fsp3) is 0.588. The van der Waals surface area contributed by atoms with Crippen LogP contribution >= 0.6 is 0 Å². The van der Waals surface area contributed by atoms with E-state index in [1.807, 2.05) is 12.1 Å². The molecule has 0 aliphatic carbocycles. The molecule has 5 rings (SSSR count). The first-order valence-corrected chi connectivity index (χ1v) is 7.62. The molecule has 4 aliphatic rings. The Balaban J connectivity index is 1.69. The van der Waals surface area contributed by atoms with E-state index in [-0.39, 0.29) is 10.8 Å². The largest absolute Gasteiger partial charge is 0.497 e. The maximum absolute atomic E-state index is 12.7. The van der Waals surface area contributed by atoms with Crippen molar-refractivity contribution < 1.29 is 9.53 Å². The fourth-order valence-electron chi connectivity index (χ4n) is 4.80. The number of hydrogen-bond donors (Lipinski definition) is 0. The maximum atomic E-state index is 12.7. The highest BCUT2D eigenvalue weighted by molar-refractivity contribution is 5.92. The second-order valence-corrected chi connectivity index (χ2v) is 7.41. The number of Topliss-reactive ketones (excluding diaryl/α,β-unsaturated/α-hetero) is 1. The van der Waals surface area contributed by atoms with Gasteiger partial charge in [0.05, 0.1) is 24.1 Å². The average molecular weight is 286 g/mol. The van der Waals surface area contributed by atoms with Crippen LogP contribution in [-0.2, 0) is 4.79 Å². The SMILES string of the molecule is COc1ccc(C2N3CC4(C)CN2CC(C)(C3)C4=O)cc1. The molecule has 1 aromatic carbocycles. The molecule has 4 bridgehead atoms. The summed E-state index contributed by atoms with van der Waals surface area (Å²) in [4.78, 5) is 17.6. The zero-order valence-corrected chi connectivity index (χ0v) is 12.9. The number of carbonyl (C=O) groups is 1. The van der Waals surface area contributed by atoms with Gasteiger partial charge in [-0.05, 0) is 17.7 Å². The van der Waals surface area contributed by atoms with Crippen molar-refractivity contribution in [3.63, 3.8) is 0 Å². The fourth-order valence-corrected chi connectivity index (χ4v) is 4.80. The maximum Gasteiger partial charge on any atom is 0.149 e. The normalized spacial score (nSPS) is 44.1. The van der Waals surface area contributed by atoms with Gasteiger partial charge in [0.1, 0.15) is 11.5 Å². The van der Waals surface area contributed by atoms with Crippen LogP contribution in [0.5, 0.6) is 5.75 Å². The minimum absolute atomic E-state index is 0.186. The van der Waals surface area contributed by atoms with Gasteiger partial charge in [0, 0.05) is 26.2 Å². The molecule has 0 atom stereocenters. The molecule has 1 aromatic rings. The highest BCUT2D eigenvalue weighted by Crippen LogP contribution is 2.51. The van der Waals surface area contributed by atoms with E-state index in [2.05, 4.69) is 35.8 Å². The molecule has 4 aliphatic heterocycles. The van der Waals surface area contributed by atoms with Gasteiger partial charge in [0.15, 0.2) is 0 Å². The van der Waals surface area contributed by atoms with E-state index in [9.17, 15) is 4.79 Å². The molecule has 4 heteroatoms. The minimum Gasteiger partial charge on any atom is -0.497 e. The van der Waals surface area contributed by atoms with Crippen molar-refractivity contribution in [2.24, 2.45) is 10.8 Å². The Morgan fingerprint density at radius 3 is 1.90 bits per heavy atom. The van der Waals surface area contributed by atoms with Crippen molar-refractivity contribution in [1.29, 1.82) is 0 Å². The highest BCUT2D eigenvalue weighted by atomic mass is 16.5. The van der Waals surface area contributed by atoms with Gasteiger partial charge in [-0.1, -0.05) is 26.0 Å². The lowest BCUT2D eigenvalue weighted by atomic mass is 9.62. The summed E-state index contributed by atoms with van der Waals surface area (Å²) in [5.74, 6) is 1.36. The van der Waals surface area contributed by atoms with Crippen LogP contribution in [0.1, 0.15) is 25.6 Å². The van der Waals surface area contributed by atoms with Crippen LogP contribution in [0.2, 0.25) is 0 Å². The topological polar surface area (TPSA) is 32.8 Å². The Hall–Kier alpha value is -1.39. The zero-order chi connectivity index (χ0) is 14.8. The van der Waals surface area contributed by atoms with Gasteiger partial charge in [-0.3, -0.25) is 14.6 Å². The average Bonchev–Trinajstić information content (AvgIpc) is 2.44. The van der Waals surface area contributed by atoms with Gasteiger partial charge in [-0.15, -0.1) is 0 Å². The van der Waals surface area contributed by atoms with Crippen LogP contribution in [0, 0.1) is 10.8 Å². The number of methoxy groups -OCH3 is 1. The first-order chi connectivity index (χ1) is 9.95. The quantitative estimate of drug-likeness (QED) is 0.831. The number of carbonyl (C=O) groups excluding carboxylic acids is 1. The molecule has 4 heterocycles. The molecule has 0 aromatic heterocycles. The Kier molecular flexibility index (Phi) is 2.58. The summed E-state index contributed by atoms with van der Waals surface area (Å²) in [6, 6.07) is 8.35. The van der Waals surface area contributed by atoms with Crippen molar-refractivity contribution in [2.45, 2.75) is 20.0 Å². The molecule has 112 valence electrons. The molecule has 4 nitrogen and oxygen atoms in total. The summed E-state index contributed by atoms with van der Waals surface area (Å²) < 4.78 is 5.25. The van der Waals surface area contributed by atoms with Crippen LogP contribution in [0.4, 0.5) is 0 Å². The lowest BCUT2D eigenvalue weighted by Gasteiger charge is -2.64. The van der Waals surface area contributed by atoms with Gasteiger partial charge < -0.3 is 4.74 Å². The number of nitrogens with zero attached hydrogens (tertiary/aromatic N) is 2. The first-order valence-electron chi connectivity index (χ1n) is 7.62. The Morgan fingerprint density at radius 1 is 1.00 bits per heavy atom. The lowest BCUT2D eigenvalue weighted by Crippen LogP contribution is -2.75. The van der Waals surface area contributed by atoms with E-state index in [1.54, 1.807) is 7.11 Å². The van der Waals surface area contributed by atoms with Gasteiger partial charge >= 0.3 is 0 Å². The van der Waals surface area contributed by atoms with Crippen molar-refractivity contribution >= 4 is 5.78 Å². The Bertz CT molecular complexity index is 555. The summed E-state index contributed by atoms with van der Waals surface area (Å²) in [5, 5.41) is 0. The third kappa shape index (κ3) is 1.72. The van der Waals surface area contributed by atoms with E-state index in [0.717, 1.165) is 31.9 Å². The summed E-state index contributed by atoms with van der Waals surface area (Å²) in [7, 11) is 1.69. The molecule has 0 saturated carbocycles. The highest BCUT2D eigenvalue weighted by Gasteiger charge is 2.61. The Morgan fingerprint density at radius 2 is 1.48 bits per heavy atom. The van der Waals surface area contributed by atoms with Gasteiger partial charge in [0.2, 0.25) is 0 Å². The zero-order valence-electron chi connectivity index (χ0n) is 12.9. The first kappa shape index (κ1) is 13.3. The van der Waals surface area contributed by atoms with Gasteiger partial charge in [-0.2, -0.15) is 0 Å². The third-order valence-corrected chi connectivity index (χ3v) is 5.41. The number of piperidine rings is 2. The predicted molar refractivity (Wildman–Crippen MR) is 80.1 cm³/mol. The molecule has 4 fully saturated rings. The molecule has 4 saturated heterocycles. The van der Waals surface area contributed by atoms with Crippen molar-refractivity contribution in [3.8, 4) is 5.75 Å². The second kappa shape index (κ2) is 4.08. The summed E-state index contributed by atoms with van der Waals surface area (Å²) >= 11 is 0. The molecule has 0 unspecified atom stereocenters. The van der Waals surface area contributed by atoms with Crippen molar-refractivity contribution in [1.82, 2.24) is 9.80 Å². The molecule has 0 N–H and O–H groups in total. The van der Waals surface area contributed by atoms with Crippen LogP contribution in [0.15, 0.2) is 24.3 Å². The van der Waals surface area contributed by atoms with E-state index in [0.29, 0.717) is 11.9 Å². The molecule has 0 radical (unpaired) electrons. The van der Waals surface area contributed by atoms with Crippen LogP contribution in [0.25, 0.3) is 0 Å². The number of hydrogen-bond acceptors (Lipinski definition) is 4. The van der Waals surface area contributed by atoms with Crippen LogP contribution in [-0.4, -0.2) is 48.9 Å². The number of rotatable bonds is 2. The van der Waals surface area contributed by atoms with Crippen LogP contribution in [0.3, 0.4) is 0 Å². The van der Waals surface area contributed by atoms with Gasteiger partial charge in [-0.25, -0.2) is 0 Å². The smallest absolute Gasteiger partial charge is 0.149 e. The van der Waals surface area contributed by atoms with Crippen molar-refractivity contribution in [3.05, 3.63) is 29.8 Å². The number of ketones is 1. The molecule has 0 spiro atoms. The number of benzene rings is 1.